The smallest absolute Gasteiger partial charge is 0.378 e. The van der Waals surface area contributed by atoms with Gasteiger partial charge in [-0.2, -0.15) is 13.2 Å². The number of aryl methyl sites for hydroxylation is 1. The van der Waals surface area contributed by atoms with E-state index in [2.05, 4.69) is 5.32 Å². The molecule has 1 aliphatic rings. The van der Waals surface area contributed by atoms with Crippen molar-refractivity contribution in [2.45, 2.75) is 12.2 Å². The molecule has 6 heteroatoms. The first-order valence-corrected chi connectivity index (χ1v) is 5.02. The lowest BCUT2D eigenvalue weighted by Gasteiger charge is -2.24. The van der Waals surface area contributed by atoms with Gasteiger partial charge in [0.1, 0.15) is 0 Å². The Morgan fingerprint density at radius 3 is 2.75 bits per heavy atom. The largest absolute Gasteiger partial charge is 0.418 e. The molecule has 16 heavy (non-hydrogen) atoms. The fourth-order valence-corrected chi connectivity index (χ4v) is 1.88. The van der Waals surface area contributed by atoms with Crippen molar-refractivity contribution in [2.24, 2.45) is 7.05 Å². The highest BCUT2D eigenvalue weighted by atomic mass is 19.4. The maximum absolute atomic E-state index is 12.7. The lowest BCUT2D eigenvalue weighted by Crippen LogP contribution is -2.35. The van der Waals surface area contributed by atoms with E-state index in [4.69, 9.17) is 4.74 Å². The maximum atomic E-state index is 12.7. The van der Waals surface area contributed by atoms with Gasteiger partial charge in [0.15, 0.2) is 0 Å². The van der Waals surface area contributed by atoms with Crippen molar-refractivity contribution >= 4 is 0 Å². The summed E-state index contributed by atoms with van der Waals surface area (Å²) in [6, 6.07) is -0.369. The molecule has 0 amide bonds. The zero-order chi connectivity index (χ0) is 11.8. The normalized spacial score (nSPS) is 22.4. The molecule has 1 saturated heterocycles. The zero-order valence-electron chi connectivity index (χ0n) is 8.84. The Morgan fingerprint density at radius 1 is 1.44 bits per heavy atom. The van der Waals surface area contributed by atoms with Crippen LogP contribution in [0.2, 0.25) is 0 Å². The first kappa shape index (κ1) is 11.5. The first-order valence-electron chi connectivity index (χ1n) is 5.02. The highest BCUT2D eigenvalue weighted by Crippen LogP contribution is 2.35. The molecule has 0 saturated carbocycles. The molecule has 1 atom stereocenters. The van der Waals surface area contributed by atoms with Crippen LogP contribution in [0.1, 0.15) is 17.2 Å². The second kappa shape index (κ2) is 4.10. The van der Waals surface area contributed by atoms with Crippen LogP contribution in [0.5, 0.6) is 0 Å². The molecule has 1 aromatic heterocycles. The van der Waals surface area contributed by atoms with Crippen molar-refractivity contribution in [3.05, 3.63) is 23.5 Å². The number of hydrogen-bond donors (Lipinski definition) is 1. The lowest BCUT2D eigenvalue weighted by atomic mass is 10.1. The monoisotopic (exact) mass is 234 g/mol. The molecule has 1 unspecified atom stereocenters. The number of ether oxygens (including phenoxy) is 1. The van der Waals surface area contributed by atoms with Gasteiger partial charge in [0.25, 0.3) is 0 Å². The van der Waals surface area contributed by atoms with Gasteiger partial charge in [-0.15, -0.1) is 0 Å². The van der Waals surface area contributed by atoms with Gasteiger partial charge in [0.05, 0.1) is 24.8 Å². The van der Waals surface area contributed by atoms with Crippen LogP contribution in [0.25, 0.3) is 0 Å². The van der Waals surface area contributed by atoms with Crippen LogP contribution >= 0.6 is 0 Å². The Hall–Kier alpha value is -1.01. The first-order chi connectivity index (χ1) is 7.48. The summed E-state index contributed by atoms with van der Waals surface area (Å²) in [6.07, 6.45) is -1.71. The minimum Gasteiger partial charge on any atom is -0.378 e. The quantitative estimate of drug-likeness (QED) is 0.800. The van der Waals surface area contributed by atoms with E-state index in [9.17, 15) is 13.2 Å². The Balaban J connectivity index is 2.31. The van der Waals surface area contributed by atoms with Gasteiger partial charge in [0, 0.05) is 31.5 Å². The van der Waals surface area contributed by atoms with Crippen LogP contribution in [0.15, 0.2) is 12.4 Å². The van der Waals surface area contributed by atoms with E-state index in [1.54, 1.807) is 7.05 Å². The molecule has 3 nitrogen and oxygen atoms in total. The van der Waals surface area contributed by atoms with Crippen LogP contribution < -0.4 is 5.32 Å². The van der Waals surface area contributed by atoms with Crippen molar-refractivity contribution in [1.82, 2.24) is 9.88 Å². The van der Waals surface area contributed by atoms with Gasteiger partial charge in [-0.25, -0.2) is 0 Å². The van der Waals surface area contributed by atoms with Crippen LogP contribution in [0.4, 0.5) is 13.2 Å². The van der Waals surface area contributed by atoms with Crippen LogP contribution in [0, 0.1) is 0 Å². The van der Waals surface area contributed by atoms with E-state index < -0.39 is 11.7 Å². The topological polar surface area (TPSA) is 26.2 Å². The minimum absolute atomic E-state index is 0.259. The van der Waals surface area contributed by atoms with E-state index in [0.717, 1.165) is 6.20 Å². The fraction of sp³-hybridized carbons (Fsp3) is 0.600. The molecule has 1 aromatic rings. The summed E-state index contributed by atoms with van der Waals surface area (Å²) >= 11 is 0. The molecule has 90 valence electrons. The molecule has 0 bridgehead atoms. The number of nitrogens with one attached hydrogen (secondary N) is 1. The average Bonchev–Trinajstić information content (AvgIpc) is 2.61. The van der Waals surface area contributed by atoms with E-state index in [1.165, 1.54) is 10.8 Å². The van der Waals surface area contributed by atoms with Crippen molar-refractivity contribution in [2.75, 3.05) is 19.8 Å². The van der Waals surface area contributed by atoms with Crippen molar-refractivity contribution in [3.63, 3.8) is 0 Å². The number of rotatable bonds is 1. The number of nitrogens with zero attached hydrogens (tertiary/aromatic N) is 1. The standard InChI is InChI=1S/C10H13F3N2O/c1-15-4-7(8(5-15)10(11,12)13)9-6-16-3-2-14-9/h4-5,9,14H,2-3,6H2,1H3. The van der Waals surface area contributed by atoms with Crippen LogP contribution in [0.3, 0.4) is 0 Å². The lowest BCUT2D eigenvalue weighted by molar-refractivity contribution is -0.138. The van der Waals surface area contributed by atoms with Gasteiger partial charge in [0.2, 0.25) is 0 Å². The summed E-state index contributed by atoms with van der Waals surface area (Å²) in [4.78, 5) is 0. The number of alkyl halides is 3. The highest BCUT2D eigenvalue weighted by Gasteiger charge is 2.37. The number of hydrogen-bond acceptors (Lipinski definition) is 2. The molecule has 0 aromatic carbocycles. The summed E-state index contributed by atoms with van der Waals surface area (Å²) in [6.45, 7) is 1.41. The van der Waals surface area contributed by atoms with E-state index in [1.807, 2.05) is 0 Å². The summed E-state index contributed by atoms with van der Waals surface area (Å²) < 4.78 is 44.8. The van der Waals surface area contributed by atoms with Crippen molar-refractivity contribution in [3.8, 4) is 0 Å². The van der Waals surface area contributed by atoms with Crippen LogP contribution in [-0.4, -0.2) is 24.3 Å². The van der Waals surface area contributed by atoms with Gasteiger partial charge in [-0.1, -0.05) is 0 Å². The van der Waals surface area contributed by atoms with Crippen molar-refractivity contribution < 1.29 is 17.9 Å². The summed E-state index contributed by atoms with van der Waals surface area (Å²) in [5.74, 6) is 0. The molecule has 0 aliphatic carbocycles. The zero-order valence-corrected chi connectivity index (χ0v) is 8.84. The number of halogens is 3. The summed E-state index contributed by atoms with van der Waals surface area (Å²) in [7, 11) is 1.59. The molecule has 1 aliphatic heterocycles. The Kier molecular flexibility index (Phi) is 2.94. The Labute approximate surface area is 91.2 Å². The predicted molar refractivity (Wildman–Crippen MR) is 52.0 cm³/mol. The van der Waals surface area contributed by atoms with Gasteiger partial charge >= 0.3 is 6.18 Å². The number of morpholine rings is 1. The second-order valence-corrected chi connectivity index (χ2v) is 3.87. The molecule has 1 fully saturated rings. The molecule has 1 N–H and O–H groups in total. The van der Waals surface area contributed by atoms with Crippen LogP contribution in [-0.2, 0) is 18.0 Å². The summed E-state index contributed by atoms with van der Waals surface area (Å²) in [5, 5.41) is 3.02. The summed E-state index contributed by atoms with van der Waals surface area (Å²) in [5.41, 5.74) is -0.326. The third-order valence-electron chi connectivity index (χ3n) is 2.59. The fourth-order valence-electron chi connectivity index (χ4n) is 1.88. The second-order valence-electron chi connectivity index (χ2n) is 3.87. The van der Waals surface area contributed by atoms with Crippen molar-refractivity contribution in [1.29, 1.82) is 0 Å². The third kappa shape index (κ3) is 2.22. The predicted octanol–water partition coefficient (Wildman–Crippen LogP) is 1.70. The molecular weight excluding hydrogens is 221 g/mol. The SMILES string of the molecule is Cn1cc(C2COCCN2)c(C(F)(F)F)c1. The van der Waals surface area contributed by atoms with Gasteiger partial charge < -0.3 is 14.6 Å². The Morgan fingerprint density at radius 2 is 2.19 bits per heavy atom. The average molecular weight is 234 g/mol. The minimum atomic E-state index is -4.31. The molecule has 2 rings (SSSR count). The molecular formula is C10H13F3N2O. The Bertz CT molecular complexity index is 367. The van der Waals surface area contributed by atoms with Gasteiger partial charge in [-0.05, 0) is 0 Å². The van der Waals surface area contributed by atoms with E-state index in [0.29, 0.717) is 13.2 Å². The molecule has 0 spiro atoms. The van der Waals surface area contributed by atoms with E-state index in [-0.39, 0.29) is 18.2 Å². The maximum Gasteiger partial charge on any atom is 0.418 e. The highest BCUT2D eigenvalue weighted by molar-refractivity contribution is 5.30. The number of aromatic nitrogens is 1. The van der Waals surface area contributed by atoms with Gasteiger partial charge in [-0.3, -0.25) is 0 Å². The molecule has 2 heterocycles. The van der Waals surface area contributed by atoms with E-state index >= 15 is 0 Å². The third-order valence-corrected chi connectivity index (χ3v) is 2.59. The molecule has 0 radical (unpaired) electrons.